The summed E-state index contributed by atoms with van der Waals surface area (Å²) in [6.07, 6.45) is -3.22. The Hall–Kier alpha value is -2.09. The Balaban J connectivity index is 1.47. The first-order chi connectivity index (χ1) is 14.1. The van der Waals surface area contributed by atoms with Gasteiger partial charge in [0.1, 0.15) is 0 Å². The van der Waals surface area contributed by atoms with Crippen molar-refractivity contribution in [2.45, 2.75) is 45.7 Å². The standard InChI is InChI=1S/C22H30F3N3O2/c1-15-5-3-8-19(16(15)2)26-20(29)14-27-9-11-28(12-10-27)21(30)17-6-4-7-18(13-17)22(23,24)25/h3,5,8,17-18H,4,6-7,9-14H2,1-2H3,(H,26,29)/t17-,18+/m0/s1. The maximum atomic E-state index is 13.0. The highest BCUT2D eigenvalue weighted by Gasteiger charge is 2.44. The van der Waals surface area contributed by atoms with Gasteiger partial charge in [-0.05, 0) is 50.3 Å². The van der Waals surface area contributed by atoms with Crippen molar-refractivity contribution < 1.29 is 22.8 Å². The zero-order valence-electron chi connectivity index (χ0n) is 17.6. The van der Waals surface area contributed by atoms with Gasteiger partial charge < -0.3 is 10.2 Å². The van der Waals surface area contributed by atoms with Crippen LogP contribution in [0.5, 0.6) is 0 Å². The van der Waals surface area contributed by atoms with E-state index in [9.17, 15) is 22.8 Å². The maximum absolute atomic E-state index is 13.0. The molecule has 2 aliphatic rings. The fourth-order valence-corrected chi connectivity index (χ4v) is 4.38. The highest BCUT2D eigenvalue weighted by atomic mass is 19.4. The molecule has 166 valence electrons. The molecule has 1 aliphatic heterocycles. The largest absolute Gasteiger partial charge is 0.391 e. The third-order valence-corrected chi connectivity index (χ3v) is 6.42. The summed E-state index contributed by atoms with van der Waals surface area (Å²) >= 11 is 0. The van der Waals surface area contributed by atoms with Crippen LogP contribution in [0.25, 0.3) is 0 Å². The summed E-state index contributed by atoms with van der Waals surface area (Å²) in [6.45, 7) is 6.16. The Morgan fingerprint density at radius 2 is 1.80 bits per heavy atom. The molecule has 5 nitrogen and oxygen atoms in total. The molecule has 0 unspecified atom stereocenters. The van der Waals surface area contributed by atoms with E-state index in [0.717, 1.165) is 16.8 Å². The van der Waals surface area contributed by atoms with Gasteiger partial charge in [0, 0.05) is 37.8 Å². The molecule has 1 saturated heterocycles. The summed E-state index contributed by atoms with van der Waals surface area (Å²) in [7, 11) is 0. The van der Waals surface area contributed by atoms with E-state index in [1.165, 1.54) is 0 Å². The molecule has 1 aliphatic carbocycles. The highest BCUT2D eigenvalue weighted by molar-refractivity contribution is 5.93. The molecule has 8 heteroatoms. The van der Waals surface area contributed by atoms with E-state index in [2.05, 4.69) is 5.32 Å². The van der Waals surface area contributed by atoms with E-state index in [1.807, 2.05) is 36.9 Å². The average Bonchev–Trinajstić information content (AvgIpc) is 2.71. The molecular weight excluding hydrogens is 395 g/mol. The van der Waals surface area contributed by atoms with Crippen LogP contribution in [0.2, 0.25) is 0 Å². The number of alkyl halides is 3. The molecule has 1 aromatic rings. The highest BCUT2D eigenvalue weighted by Crippen LogP contribution is 2.40. The number of hydrogen-bond acceptors (Lipinski definition) is 3. The molecule has 1 N–H and O–H groups in total. The van der Waals surface area contributed by atoms with Crippen LogP contribution in [0, 0.1) is 25.7 Å². The van der Waals surface area contributed by atoms with Gasteiger partial charge in [-0.25, -0.2) is 0 Å². The van der Waals surface area contributed by atoms with Gasteiger partial charge in [-0.1, -0.05) is 18.6 Å². The van der Waals surface area contributed by atoms with Crippen LogP contribution in [0.4, 0.5) is 18.9 Å². The Labute approximate surface area is 175 Å². The number of halogens is 3. The summed E-state index contributed by atoms with van der Waals surface area (Å²) in [5.41, 5.74) is 2.94. The Morgan fingerprint density at radius 1 is 1.10 bits per heavy atom. The number of anilines is 1. The SMILES string of the molecule is Cc1cccc(NC(=O)CN2CCN(C(=O)[C@H]3CCC[C@@H](C(F)(F)F)C3)CC2)c1C. The van der Waals surface area contributed by atoms with E-state index in [1.54, 1.807) is 4.90 Å². The molecule has 1 aromatic carbocycles. The van der Waals surface area contributed by atoms with Gasteiger partial charge in [-0.15, -0.1) is 0 Å². The number of aryl methyl sites for hydroxylation is 1. The second-order valence-corrected chi connectivity index (χ2v) is 8.50. The lowest BCUT2D eigenvalue weighted by Gasteiger charge is -2.38. The van der Waals surface area contributed by atoms with Gasteiger partial charge in [0.05, 0.1) is 12.5 Å². The lowest BCUT2D eigenvalue weighted by molar-refractivity contribution is -0.187. The van der Waals surface area contributed by atoms with Crippen LogP contribution in [-0.4, -0.2) is 60.5 Å². The molecule has 30 heavy (non-hydrogen) atoms. The number of benzene rings is 1. The quantitative estimate of drug-likeness (QED) is 0.799. The van der Waals surface area contributed by atoms with Crippen LogP contribution in [0.1, 0.15) is 36.8 Å². The molecule has 2 amide bonds. The summed E-state index contributed by atoms with van der Waals surface area (Å²) in [6, 6.07) is 5.76. The number of carbonyl (C=O) groups excluding carboxylic acids is 2. The van der Waals surface area contributed by atoms with E-state index < -0.39 is 18.0 Å². The number of carbonyl (C=O) groups is 2. The first kappa shape index (κ1) is 22.6. The minimum absolute atomic E-state index is 0.0964. The molecule has 0 radical (unpaired) electrons. The molecular formula is C22H30F3N3O2. The van der Waals surface area contributed by atoms with Gasteiger partial charge in [0.2, 0.25) is 11.8 Å². The second-order valence-electron chi connectivity index (χ2n) is 8.50. The third-order valence-electron chi connectivity index (χ3n) is 6.42. The summed E-state index contributed by atoms with van der Waals surface area (Å²) in [4.78, 5) is 28.8. The topological polar surface area (TPSA) is 52.7 Å². The van der Waals surface area contributed by atoms with Crippen molar-refractivity contribution in [1.82, 2.24) is 9.80 Å². The van der Waals surface area contributed by atoms with Crippen molar-refractivity contribution in [3.8, 4) is 0 Å². The molecule has 0 bridgehead atoms. The van der Waals surface area contributed by atoms with Crippen molar-refractivity contribution in [2.75, 3.05) is 38.0 Å². The summed E-state index contributed by atoms with van der Waals surface area (Å²) in [5, 5.41) is 2.94. The lowest BCUT2D eigenvalue weighted by Crippen LogP contribution is -2.52. The normalized spacial score (nSPS) is 23.3. The van der Waals surface area contributed by atoms with E-state index in [0.29, 0.717) is 39.0 Å². The van der Waals surface area contributed by atoms with Gasteiger partial charge in [0.15, 0.2) is 0 Å². The van der Waals surface area contributed by atoms with Crippen LogP contribution < -0.4 is 5.32 Å². The van der Waals surface area contributed by atoms with Crippen molar-refractivity contribution >= 4 is 17.5 Å². The third kappa shape index (κ3) is 5.53. The Bertz CT molecular complexity index is 773. The molecule has 3 rings (SSSR count). The summed E-state index contributed by atoms with van der Waals surface area (Å²) < 4.78 is 39.1. The van der Waals surface area contributed by atoms with Crippen molar-refractivity contribution in [1.29, 1.82) is 0 Å². The minimum atomic E-state index is -4.22. The number of hydrogen-bond donors (Lipinski definition) is 1. The van der Waals surface area contributed by atoms with Crippen LogP contribution in [0.15, 0.2) is 18.2 Å². The van der Waals surface area contributed by atoms with Gasteiger partial charge >= 0.3 is 6.18 Å². The average molecular weight is 425 g/mol. The van der Waals surface area contributed by atoms with E-state index >= 15 is 0 Å². The number of rotatable bonds is 4. The lowest BCUT2D eigenvalue weighted by atomic mass is 9.80. The number of nitrogens with zero attached hydrogens (tertiary/aromatic N) is 2. The Morgan fingerprint density at radius 3 is 2.47 bits per heavy atom. The zero-order chi connectivity index (χ0) is 21.9. The first-order valence-corrected chi connectivity index (χ1v) is 10.6. The van der Waals surface area contributed by atoms with Crippen LogP contribution >= 0.6 is 0 Å². The van der Waals surface area contributed by atoms with Crippen molar-refractivity contribution in [2.24, 2.45) is 11.8 Å². The van der Waals surface area contributed by atoms with Crippen LogP contribution in [0.3, 0.4) is 0 Å². The minimum Gasteiger partial charge on any atom is -0.340 e. The first-order valence-electron chi connectivity index (χ1n) is 10.6. The predicted molar refractivity (Wildman–Crippen MR) is 109 cm³/mol. The van der Waals surface area contributed by atoms with Crippen LogP contribution in [-0.2, 0) is 9.59 Å². The predicted octanol–water partition coefficient (Wildman–Crippen LogP) is 3.75. The fraction of sp³-hybridized carbons (Fsp3) is 0.636. The maximum Gasteiger partial charge on any atom is 0.391 e. The molecule has 0 aromatic heterocycles. The van der Waals surface area contributed by atoms with Crippen molar-refractivity contribution in [3.63, 3.8) is 0 Å². The fourth-order valence-electron chi connectivity index (χ4n) is 4.38. The summed E-state index contributed by atoms with van der Waals surface area (Å²) in [5.74, 6) is -2.17. The van der Waals surface area contributed by atoms with Gasteiger partial charge in [0.25, 0.3) is 0 Å². The number of piperazine rings is 1. The van der Waals surface area contributed by atoms with E-state index in [-0.39, 0.29) is 31.2 Å². The molecule has 2 fully saturated rings. The monoisotopic (exact) mass is 425 g/mol. The van der Waals surface area contributed by atoms with E-state index in [4.69, 9.17) is 0 Å². The number of amides is 2. The smallest absolute Gasteiger partial charge is 0.340 e. The van der Waals surface area contributed by atoms with Gasteiger partial charge in [-0.2, -0.15) is 13.2 Å². The Kier molecular flexibility index (Phi) is 7.06. The number of nitrogens with one attached hydrogen (secondary N) is 1. The second kappa shape index (κ2) is 9.37. The zero-order valence-corrected chi connectivity index (χ0v) is 17.6. The van der Waals surface area contributed by atoms with Gasteiger partial charge in [-0.3, -0.25) is 14.5 Å². The molecule has 1 saturated carbocycles. The molecule has 0 spiro atoms. The molecule has 1 heterocycles. The molecule has 2 atom stereocenters. The van der Waals surface area contributed by atoms with Crippen molar-refractivity contribution in [3.05, 3.63) is 29.3 Å².